The van der Waals surface area contributed by atoms with Crippen molar-refractivity contribution in [3.8, 4) is 0 Å². The molecule has 0 aliphatic carbocycles. The molecule has 0 radical (unpaired) electrons. The molecule has 0 aromatic heterocycles. The van der Waals surface area contributed by atoms with Crippen molar-refractivity contribution in [3.05, 3.63) is 34.9 Å². The van der Waals surface area contributed by atoms with Gasteiger partial charge in [0.15, 0.2) is 0 Å². The molecule has 6 heteroatoms. The fourth-order valence-electron chi connectivity index (χ4n) is 0.823. The first-order valence-corrected chi connectivity index (χ1v) is 3.83. The zero-order valence-electron chi connectivity index (χ0n) is 6.58. The van der Waals surface area contributed by atoms with Gasteiger partial charge < -0.3 is 0 Å². The summed E-state index contributed by atoms with van der Waals surface area (Å²) in [5.74, 6) is -4.84. The molecule has 1 aromatic rings. The lowest BCUT2D eigenvalue weighted by atomic mass is 10.1. The van der Waals surface area contributed by atoms with Crippen molar-refractivity contribution in [2.75, 3.05) is 0 Å². The predicted octanol–water partition coefficient (Wildman–Crippen LogP) is 3.99. The van der Waals surface area contributed by atoms with Gasteiger partial charge in [-0.15, -0.1) is 0 Å². The van der Waals surface area contributed by atoms with Crippen LogP contribution in [0.3, 0.4) is 0 Å². The molecular weight excluding hydrogens is 227 g/mol. The van der Waals surface area contributed by atoms with Crippen LogP contribution in [0.15, 0.2) is 24.3 Å². The maximum Gasteiger partial charge on any atom is 0.458 e. The molecule has 0 aliphatic rings. The second-order valence-corrected chi connectivity index (χ2v) is 3.02. The minimum Gasteiger partial charge on any atom is -0.191 e. The van der Waals surface area contributed by atoms with E-state index in [9.17, 15) is 22.0 Å². The molecule has 14 heavy (non-hydrogen) atoms. The average Bonchev–Trinajstić information content (AvgIpc) is 2.03. The lowest BCUT2D eigenvalue weighted by Gasteiger charge is -2.19. The molecule has 1 aromatic carbocycles. The maximum atomic E-state index is 12.6. The van der Waals surface area contributed by atoms with E-state index in [2.05, 4.69) is 0 Å². The zero-order valence-corrected chi connectivity index (χ0v) is 7.33. The van der Waals surface area contributed by atoms with E-state index in [1.165, 1.54) is 0 Å². The van der Waals surface area contributed by atoms with E-state index >= 15 is 0 Å². The molecule has 0 saturated heterocycles. The molecule has 0 aliphatic heterocycles. The Hall–Kier alpha value is -0.840. The van der Waals surface area contributed by atoms with Crippen molar-refractivity contribution in [3.63, 3.8) is 0 Å². The summed E-state index contributed by atoms with van der Waals surface area (Å²) < 4.78 is 60.8. The van der Waals surface area contributed by atoms with Gasteiger partial charge >= 0.3 is 12.1 Å². The Bertz CT molecular complexity index is 313. The largest absolute Gasteiger partial charge is 0.458 e. The Kier molecular flexibility index (Phi) is 2.71. The summed E-state index contributed by atoms with van der Waals surface area (Å²) in [7, 11) is 0. The van der Waals surface area contributed by atoms with Gasteiger partial charge in [0.1, 0.15) is 0 Å². The quantitative estimate of drug-likeness (QED) is 0.640. The van der Waals surface area contributed by atoms with Gasteiger partial charge in [-0.25, -0.2) is 0 Å². The average molecular weight is 231 g/mol. The molecule has 78 valence electrons. The van der Waals surface area contributed by atoms with Gasteiger partial charge in [0.2, 0.25) is 0 Å². The van der Waals surface area contributed by atoms with Crippen LogP contribution in [0.2, 0.25) is 5.02 Å². The first-order chi connectivity index (χ1) is 6.25. The van der Waals surface area contributed by atoms with Gasteiger partial charge in [-0.2, -0.15) is 22.0 Å². The Morgan fingerprint density at radius 1 is 0.857 bits per heavy atom. The number of rotatable bonds is 1. The summed E-state index contributed by atoms with van der Waals surface area (Å²) in [5, 5.41) is 0.103. The minimum atomic E-state index is -5.58. The third-order valence-corrected chi connectivity index (χ3v) is 1.81. The van der Waals surface area contributed by atoms with E-state index in [0.717, 1.165) is 12.1 Å². The number of hydrogen-bond donors (Lipinski definition) is 0. The standard InChI is InChI=1S/C8H4ClF5/c9-6-3-1-5(2-4-6)7(10,11)8(12,13)14/h1-4H. The van der Waals surface area contributed by atoms with E-state index in [-0.39, 0.29) is 5.02 Å². The van der Waals surface area contributed by atoms with Crippen molar-refractivity contribution < 1.29 is 22.0 Å². The number of benzene rings is 1. The van der Waals surface area contributed by atoms with Crippen molar-refractivity contribution in [2.45, 2.75) is 12.1 Å². The molecule has 0 bridgehead atoms. The molecular formula is C8H4ClF5. The highest BCUT2D eigenvalue weighted by molar-refractivity contribution is 6.30. The van der Waals surface area contributed by atoms with Gasteiger partial charge in [-0.05, 0) is 12.1 Å². The van der Waals surface area contributed by atoms with Gasteiger partial charge in [-0.3, -0.25) is 0 Å². The molecule has 0 nitrogen and oxygen atoms in total. The van der Waals surface area contributed by atoms with Crippen molar-refractivity contribution >= 4 is 11.6 Å². The van der Waals surface area contributed by atoms with Crippen LogP contribution in [-0.2, 0) is 5.92 Å². The fourth-order valence-corrected chi connectivity index (χ4v) is 0.949. The van der Waals surface area contributed by atoms with Crippen LogP contribution >= 0.6 is 11.6 Å². The van der Waals surface area contributed by atoms with Crippen LogP contribution in [0.4, 0.5) is 22.0 Å². The highest BCUT2D eigenvalue weighted by Gasteiger charge is 2.58. The first kappa shape index (κ1) is 11.2. The van der Waals surface area contributed by atoms with Crippen LogP contribution in [0.5, 0.6) is 0 Å². The molecule has 0 heterocycles. The zero-order chi connectivity index (χ0) is 11.0. The maximum absolute atomic E-state index is 12.6. The van der Waals surface area contributed by atoms with E-state index in [0.29, 0.717) is 12.1 Å². The van der Waals surface area contributed by atoms with E-state index in [4.69, 9.17) is 11.6 Å². The Labute approximate surface area is 81.3 Å². The molecule has 0 amide bonds. The second kappa shape index (κ2) is 3.38. The normalized spacial score (nSPS) is 13.0. The third kappa shape index (κ3) is 1.97. The summed E-state index contributed by atoms with van der Waals surface area (Å²) in [6.07, 6.45) is -5.58. The molecule has 0 fully saturated rings. The molecule has 0 N–H and O–H groups in total. The Morgan fingerprint density at radius 2 is 1.29 bits per heavy atom. The summed E-state index contributed by atoms with van der Waals surface area (Å²) in [6, 6.07) is 3.26. The molecule has 0 spiro atoms. The smallest absolute Gasteiger partial charge is 0.191 e. The number of alkyl halides is 5. The van der Waals surface area contributed by atoms with Gasteiger partial charge in [0, 0.05) is 10.6 Å². The van der Waals surface area contributed by atoms with Crippen molar-refractivity contribution in [1.29, 1.82) is 0 Å². The lowest BCUT2D eigenvalue weighted by molar-refractivity contribution is -0.289. The highest BCUT2D eigenvalue weighted by Crippen LogP contribution is 2.43. The van der Waals surface area contributed by atoms with Gasteiger partial charge in [0.05, 0.1) is 0 Å². The van der Waals surface area contributed by atoms with Crippen LogP contribution in [0.25, 0.3) is 0 Å². The minimum absolute atomic E-state index is 0.103. The van der Waals surface area contributed by atoms with Crippen LogP contribution in [0.1, 0.15) is 5.56 Å². The number of hydrogen-bond acceptors (Lipinski definition) is 0. The Morgan fingerprint density at radius 3 is 1.64 bits per heavy atom. The predicted molar refractivity (Wildman–Crippen MR) is 41.4 cm³/mol. The second-order valence-electron chi connectivity index (χ2n) is 2.58. The van der Waals surface area contributed by atoms with Gasteiger partial charge in [0.25, 0.3) is 0 Å². The van der Waals surface area contributed by atoms with E-state index in [1.807, 2.05) is 0 Å². The van der Waals surface area contributed by atoms with E-state index in [1.54, 1.807) is 0 Å². The van der Waals surface area contributed by atoms with E-state index < -0.39 is 17.7 Å². The Balaban J connectivity index is 3.10. The molecule has 0 saturated carbocycles. The summed E-state index contributed by atoms with van der Waals surface area (Å²) in [5.41, 5.74) is -1.12. The topological polar surface area (TPSA) is 0 Å². The monoisotopic (exact) mass is 230 g/mol. The summed E-state index contributed by atoms with van der Waals surface area (Å²) in [4.78, 5) is 0. The number of halogens is 6. The molecule has 1 rings (SSSR count). The van der Waals surface area contributed by atoms with Crippen molar-refractivity contribution in [1.82, 2.24) is 0 Å². The van der Waals surface area contributed by atoms with Gasteiger partial charge in [-0.1, -0.05) is 23.7 Å². The molecule has 0 atom stereocenters. The fraction of sp³-hybridized carbons (Fsp3) is 0.250. The van der Waals surface area contributed by atoms with Crippen LogP contribution in [-0.4, -0.2) is 6.18 Å². The first-order valence-electron chi connectivity index (χ1n) is 3.46. The summed E-state index contributed by atoms with van der Waals surface area (Å²) >= 11 is 5.35. The highest BCUT2D eigenvalue weighted by atomic mass is 35.5. The van der Waals surface area contributed by atoms with Crippen LogP contribution < -0.4 is 0 Å². The lowest BCUT2D eigenvalue weighted by Crippen LogP contribution is -2.33. The molecule has 0 unspecified atom stereocenters. The third-order valence-electron chi connectivity index (χ3n) is 1.56. The summed E-state index contributed by atoms with van der Waals surface area (Å²) in [6.45, 7) is 0. The van der Waals surface area contributed by atoms with Crippen LogP contribution in [0, 0.1) is 0 Å². The van der Waals surface area contributed by atoms with Crippen molar-refractivity contribution in [2.24, 2.45) is 0 Å². The SMILES string of the molecule is FC(F)(F)C(F)(F)c1ccc(Cl)cc1.